The summed E-state index contributed by atoms with van der Waals surface area (Å²) in [5.41, 5.74) is 0.397. The minimum atomic E-state index is -3.57. The van der Waals surface area contributed by atoms with E-state index in [9.17, 15) is 8.42 Å². The molecule has 9 heteroatoms. The highest BCUT2D eigenvalue weighted by molar-refractivity contribution is 9.12. The quantitative estimate of drug-likeness (QED) is 0.851. The number of thiophene rings is 1. The van der Waals surface area contributed by atoms with Crippen molar-refractivity contribution in [2.24, 2.45) is 0 Å². The van der Waals surface area contributed by atoms with Crippen molar-refractivity contribution in [2.75, 3.05) is 4.72 Å². The molecule has 0 spiro atoms. The van der Waals surface area contributed by atoms with Crippen LogP contribution in [0.3, 0.4) is 0 Å². The van der Waals surface area contributed by atoms with E-state index in [4.69, 9.17) is 0 Å². The van der Waals surface area contributed by atoms with Gasteiger partial charge in [0.1, 0.15) is 4.90 Å². The first-order valence-corrected chi connectivity index (χ1v) is 7.84. The summed E-state index contributed by atoms with van der Waals surface area (Å²) >= 11 is 7.73. The molecule has 0 atom stereocenters. The molecular formula is C7H5Br2N3O2S2. The van der Waals surface area contributed by atoms with Crippen molar-refractivity contribution >= 4 is 58.9 Å². The van der Waals surface area contributed by atoms with Crippen LogP contribution in [0, 0.1) is 0 Å². The highest BCUT2D eigenvalue weighted by Crippen LogP contribution is 2.35. The van der Waals surface area contributed by atoms with E-state index in [1.807, 2.05) is 0 Å². The first kappa shape index (κ1) is 12.1. The Bertz CT molecular complexity index is 591. The second kappa shape index (κ2) is 4.47. The van der Waals surface area contributed by atoms with E-state index in [2.05, 4.69) is 46.8 Å². The molecule has 2 N–H and O–H groups in total. The van der Waals surface area contributed by atoms with Crippen LogP contribution in [0.4, 0.5) is 5.69 Å². The predicted molar refractivity (Wildman–Crippen MR) is 69.1 cm³/mol. The number of anilines is 1. The maximum Gasteiger partial charge on any atom is 0.264 e. The number of sulfonamides is 1. The number of H-pyrrole nitrogens is 1. The average Bonchev–Trinajstić information content (AvgIpc) is 2.75. The van der Waals surface area contributed by atoms with Crippen molar-refractivity contribution in [1.29, 1.82) is 0 Å². The van der Waals surface area contributed by atoms with Crippen molar-refractivity contribution in [3.05, 3.63) is 26.0 Å². The number of aromatic amines is 1. The van der Waals surface area contributed by atoms with E-state index in [1.165, 1.54) is 29.8 Å². The van der Waals surface area contributed by atoms with Crippen LogP contribution in [0.2, 0.25) is 0 Å². The molecule has 2 aromatic rings. The first-order chi connectivity index (χ1) is 7.49. The lowest BCUT2D eigenvalue weighted by molar-refractivity contribution is 0.601. The highest BCUT2D eigenvalue weighted by atomic mass is 79.9. The summed E-state index contributed by atoms with van der Waals surface area (Å²) in [5.74, 6) is 0. The molecule has 0 fully saturated rings. The van der Waals surface area contributed by atoms with Crippen LogP contribution in [0.25, 0.3) is 0 Å². The van der Waals surface area contributed by atoms with Crippen LogP contribution in [0.15, 0.2) is 30.9 Å². The second-order valence-corrected chi connectivity index (χ2v) is 8.18. The Labute approximate surface area is 113 Å². The normalized spacial score (nSPS) is 11.6. The Hall–Kier alpha value is -0.380. The monoisotopic (exact) mass is 385 g/mol. The fourth-order valence-electron chi connectivity index (χ4n) is 1.03. The van der Waals surface area contributed by atoms with Crippen molar-refractivity contribution < 1.29 is 8.42 Å². The third-order valence-corrected chi connectivity index (χ3v) is 5.80. The minimum Gasteiger partial charge on any atom is -0.284 e. The van der Waals surface area contributed by atoms with Gasteiger partial charge in [-0.25, -0.2) is 8.42 Å². The molecule has 16 heavy (non-hydrogen) atoms. The molecule has 5 nitrogen and oxygen atoms in total. The fourth-order valence-corrected chi connectivity index (χ4v) is 5.87. The Morgan fingerprint density at radius 1 is 1.44 bits per heavy atom. The standard InChI is InChI=1S/C7H5Br2N3O2S2/c8-6-1-5(7(9)15-6)16(13,14)12-4-2-10-11-3-4/h1-3,12H,(H,10,11). The number of hydrogen-bond acceptors (Lipinski definition) is 4. The molecule has 0 saturated heterocycles. The van der Waals surface area contributed by atoms with Gasteiger partial charge < -0.3 is 0 Å². The second-order valence-electron chi connectivity index (χ2n) is 2.78. The van der Waals surface area contributed by atoms with E-state index in [0.717, 1.165) is 3.79 Å². The van der Waals surface area contributed by atoms with Crippen LogP contribution in [0.5, 0.6) is 0 Å². The Morgan fingerprint density at radius 2 is 2.19 bits per heavy atom. The first-order valence-electron chi connectivity index (χ1n) is 3.95. The van der Waals surface area contributed by atoms with Crippen LogP contribution in [-0.2, 0) is 10.0 Å². The molecule has 0 radical (unpaired) electrons. The van der Waals surface area contributed by atoms with Crippen molar-refractivity contribution in [2.45, 2.75) is 4.90 Å². The number of nitrogens with one attached hydrogen (secondary N) is 2. The van der Waals surface area contributed by atoms with Gasteiger partial charge in [-0.1, -0.05) is 0 Å². The third-order valence-electron chi connectivity index (χ3n) is 1.67. The van der Waals surface area contributed by atoms with Crippen molar-refractivity contribution in [3.63, 3.8) is 0 Å². The maximum absolute atomic E-state index is 11.9. The van der Waals surface area contributed by atoms with Crippen LogP contribution in [0.1, 0.15) is 0 Å². The zero-order valence-electron chi connectivity index (χ0n) is 7.57. The molecule has 0 aliphatic heterocycles. The van der Waals surface area contributed by atoms with E-state index >= 15 is 0 Å². The average molecular weight is 387 g/mol. The number of aromatic nitrogens is 2. The highest BCUT2D eigenvalue weighted by Gasteiger charge is 2.20. The van der Waals surface area contributed by atoms with Crippen LogP contribution in [-0.4, -0.2) is 18.6 Å². The Morgan fingerprint density at radius 3 is 2.69 bits per heavy atom. The molecule has 0 aromatic carbocycles. The summed E-state index contributed by atoms with van der Waals surface area (Å²) in [6.45, 7) is 0. The van der Waals surface area contributed by atoms with Crippen LogP contribution < -0.4 is 4.72 Å². The van der Waals surface area contributed by atoms with Crippen molar-refractivity contribution in [3.8, 4) is 0 Å². The Kier molecular flexibility index (Phi) is 3.38. The molecule has 0 saturated carbocycles. The topological polar surface area (TPSA) is 74.8 Å². The summed E-state index contributed by atoms with van der Waals surface area (Å²) in [6.07, 6.45) is 2.86. The summed E-state index contributed by atoms with van der Waals surface area (Å²) in [5, 5.41) is 6.19. The lowest BCUT2D eigenvalue weighted by Crippen LogP contribution is -2.11. The summed E-state index contributed by atoms with van der Waals surface area (Å²) in [6, 6.07) is 1.54. The van der Waals surface area contributed by atoms with Gasteiger partial charge in [-0.05, 0) is 37.9 Å². The predicted octanol–water partition coefficient (Wildman–Crippen LogP) is 2.80. The lowest BCUT2D eigenvalue weighted by Gasteiger charge is -2.03. The van der Waals surface area contributed by atoms with E-state index in [-0.39, 0.29) is 4.90 Å². The summed E-state index contributed by atoms with van der Waals surface area (Å²) < 4.78 is 27.6. The molecule has 86 valence electrons. The van der Waals surface area contributed by atoms with Gasteiger partial charge in [0.25, 0.3) is 10.0 Å². The number of rotatable bonds is 3. The van der Waals surface area contributed by atoms with Gasteiger partial charge in [-0.3, -0.25) is 9.82 Å². The van der Waals surface area contributed by atoms with Crippen molar-refractivity contribution in [1.82, 2.24) is 10.2 Å². The summed E-state index contributed by atoms with van der Waals surface area (Å²) in [7, 11) is -3.57. The van der Waals surface area contributed by atoms with Gasteiger partial charge in [0.15, 0.2) is 0 Å². The smallest absolute Gasteiger partial charge is 0.264 e. The Balaban J connectivity index is 2.36. The zero-order chi connectivity index (χ0) is 11.8. The zero-order valence-corrected chi connectivity index (χ0v) is 12.4. The number of nitrogens with zero attached hydrogens (tertiary/aromatic N) is 1. The molecule has 2 rings (SSSR count). The molecular weight excluding hydrogens is 382 g/mol. The molecule has 0 aliphatic carbocycles. The minimum absolute atomic E-state index is 0.200. The van der Waals surface area contributed by atoms with Gasteiger partial charge >= 0.3 is 0 Å². The number of hydrogen-bond donors (Lipinski definition) is 2. The molecule has 0 amide bonds. The SMILES string of the molecule is O=S(=O)(Nc1cn[nH]c1)c1cc(Br)sc1Br. The molecule has 0 aliphatic rings. The lowest BCUT2D eigenvalue weighted by atomic mass is 10.6. The van der Waals surface area contributed by atoms with Gasteiger partial charge in [0.2, 0.25) is 0 Å². The molecule has 0 unspecified atom stereocenters. The van der Waals surface area contributed by atoms with E-state index < -0.39 is 10.0 Å². The molecule has 0 bridgehead atoms. The fraction of sp³-hybridized carbons (Fsp3) is 0. The van der Waals surface area contributed by atoms with Gasteiger partial charge in [0.05, 0.1) is 19.5 Å². The van der Waals surface area contributed by atoms with E-state index in [0.29, 0.717) is 9.47 Å². The third kappa shape index (κ3) is 2.47. The largest absolute Gasteiger partial charge is 0.284 e. The van der Waals surface area contributed by atoms with Gasteiger partial charge in [-0.2, -0.15) is 5.10 Å². The van der Waals surface area contributed by atoms with Crippen LogP contribution >= 0.6 is 43.2 Å². The molecule has 2 aromatic heterocycles. The molecule has 2 heterocycles. The van der Waals surface area contributed by atoms with E-state index in [1.54, 1.807) is 0 Å². The van der Waals surface area contributed by atoms with Gasteiger partial charge in [0, 0.05) is 6.20 Å². The maximum atomic E-state index is 11.9. The summed E-state index contributed by atoms with van der Waals surface area (Å²) in [4.78, 5) is 0.200. The van der Waals surface area contributed by atoms with Gasteiger partial charge in [-0.15, -0.1) is 11.3 Å². The number of halogens is 2.